The van der Waals surface area contributed by atoms with E-state index in [1.165, 1.54) is 17.4 Å². The van der Waals surface area contributed by atoms with Crippen molar-refractivity contribution in [1.29, 1.82) is 0 Å². The molecule has 0 saturated carbocycles. The zero-order valence-corrected chi connectivity index (χ0v) is 12.1. The summed E-state index contributed by atoms with van der Waals surface area (Å²) in [4.78, 5) is 14.7. The van der Waals surface area contributed by atoms with Crippen LogP contribution in [-0.4, -0.2) is 16.1 Å². The molecule has 100 valence electrons. The van der Waals surface area contributed by atoms with Gasteiger partial charge in [-0.2, -0.15) is 0 Å². The maximum absolute atomic E-state index is 13.1. The largest absolute Gasteiger partial charge is 0.481 e. The number of aromatic nitrogens is 1. The van der Waals surface area contributed by atoms with E-state index in [1.54, 1.807) is 12.1 Å². The summed E-state index contributed by atoms with van der Waals surface area (Å²) in [6.45, 7) is 0. The quantitative estimate of drug-likeness (QED) is 0.865. The lowest BCUT2D eigenvalue weighted by molar-refractivity contribution is -0.136. The second-order valence-electron chi connectivity index (χ2n) is 3.79. The van der Waals surface area contributed by atoms with Crippen LogP contribution in [0.3, 0.4) is 0 Å². The molecule has 2 N–H and O–H groups in total. The van der Waals surface area contributed by atoms with E-state index in [1.807, 2.05) is 5.38 Å². The Labute approximate surface area is 121 Å². The van der Waals surface area contributed by atoms with E-state index in [0.29, 0.717) is 21.7 Å². The summed E-state index contributed by atoms with van der Waals surface area (Å²) in [5.41, 5.74) is 1.45. The number of aryl methyl sites for hydroxylation is 1. The number of rotatable bonds is 5. The fraction of sp³-hybridized carbons (Fsp3) is 0.167. The minimum atomic E-state index is -0.843. The predicted molar refractivity (Wildman–Crippen MR) is 75.5 cm³/mol. The molecule has 19 heavy (non-hydrogen) atoms. The second-order valence-corrected chi connectivity index (χ2v) is 5.50. The van der Waals surface area contributed by atoms with E-state index in [-0.39, 0.29) is 12.2 Å². The summed E-state index contributed by atoms with van der Waals surface area (Å²) in [6.07, 6.45) is 0.464. The minimum Gasteiger partial charge on any atom is -0.481 e. The zero-order chi connectivity index (χ0) is 13.8. The van der Waals surface area contributed by atoms with E-state index in [2.05, 4.69) is 26.2 Å². The van der Waals surface area contributed by atoms with Gasteiger partial charge in [0.15, 0.2) is 5.13 Å². The number of carboxylic acid groups (broad SMARTS) is 1. The molecule has 0 radical (unpaired) electrons. The molecule has 0 atom stereocenters. The van der Waals surface area contributed by atoms with Crippen LogP contribution in [0.2, 0.25) is 0 Å². The van der Waals surface area contributed by atoms with Gasteiger partial charge in [-0.15, -0.1) is 11.3 Å². The highest BCUT2D eigenvalue weighted by Gasteiger charge is 2.06. The van der Waals surface area contributed by atoms with Gasteiger partial charge < -0.3 is 10.4 Å². The molecular formula is C12H10BrFN2O2S. The molecule has 0 bridgehead atoms. The molecule has 0 amide bonds. The molecule has 0 spiro atoms. The maximum atomic E-state index is 13.1. The van der Waals surface area contributed by atoms with Gasteiger partial charge in [0.2, 0.25) is 0 Å². The monoisotopic (exact) mass is 344 g/mol. The molecule has 0 fully saturated rings. The van der Waals surface area contributed by atoms with Gasteiger partial charge in [-0.3, -0.25) is 4.79 Å². The van der Waals surface area contributed by atoms with Crippen molar-refractivity contribution in [3.8, 4) is 0 Å². The third-order valence-electron chi connectivity index (χ3n) is 2.32. The first kappa shape index (κ1) is 14.0. The standard InChI is InChI=1S/C12H10BrFN2O2S/c13-9-5-7(1-3-10(9)14)15-12-16-8(6-19-12)2-4-11(17)18/h1,3,5-6H,2,4H2,(H,15,16)(H,17,18). The number of carboxylic acids is 1. The summed E-state index contributed by atoms with van der Waals surface area (Å²) in [6, 6.07) is 4.58. The lowest BCUT2D eigenvalue weighted by Crippen LogP contribution is -1.98. The molecule has 0 saturated heterocycles. The van der Waals surface area contributed by atoms with Crippen LogP contribution >= 0.6 is 27.3 Å². The number of halogens is 2. The van der Waals surface area contributed by atoms with Crippen LogP contribution in [0.5, 0.6) is 0 Å². The van der Waals surface area contributed by atoms with Gasteiger partial charge in [-0.05, 0) is 34.1 Å². The average molecular weight is 345 g/mol. The van der Waals surface area contributed by atoms with Crippen molar-refractivity contribution in [2.75, 3.05) is 5.32 Å². The first-order chi connectivity index (χ1) is 9.04. The van der Waals surface area contributed by atoms with Gasteiger partial charge in [0.25, 0.3) is 0 Å². The first-order valence-corrected chi connectivity index (χ1v) is 7.10. The molecule has 4 nitrogen and oxygen atoms in total. The first-order valence-electron chi connectivity index (χ1n) is 5.43. The van der Waals surface area contributed by atoms with Crippen molar-refractivity contribution in [3.05, 3.63) is 39.6 Å². The number of benzene rings is 1. The van der Waals surface area contributed by atoms with E-state index < -0.39 is 5.97 Å². The van der Waals surface area contributed by atoms with Gasteiger partial charge in [-0.25, -0.2) is 9.37 Å². The molecule has 0 aliphatic carbocycles. The Bertz CT molecular complexity index is 603. The molecule has 2 aromatic rings. The molecule has 0 aliphatic heterocycles. The lowest BCUT2D eigenvalue weighted by Gasteiger charge is -2.03. The number of thiazole rings is 1. The number of nitrogens with one attached hydrogen (secondary N) is 1. The van der Waals surface area contributed by atoms with E-state index in [4.69, 9.17) is 5.11 Å². The SMILES string of the molecule is O=C(O)CCc1csc(Nc2ccc(F)c(Br)c2)n1. The Kier molecular flexibility index (Phi) is 4.49. The number of carbonyl (C=O) groups is 1. The van der Waals surface area contributed by atoms with Crippen molar-refractivity contribution in [2.45, 2.75) is 12.8 Å². The van der Waals surface area contributed by atoms with Gasteiger partial charge in [0.1, 0.15) is 5.82 Å². The number of nitrogens with zero attached hydrogens (tertiary/aromatic N) is 1. The van der Waals surface area contributed by atoms with Crippen LogP contribution in [0.4, 0.5) is 15.2 Å². The van der Waals surface area contributed by atoms with Crippen LogP contribution in [0.1, 0.15) is 12.1 Å². The third-order valence-corrected chi connectivity index (χ3v) is 3.73. The maximum Gasteiger partial charge on any atom is 0.303 e. The van der Waals surface area contributed by atoms with Crippen molar-refractivity contribution >= 4 is 44.1 Å². The van der Waals surface area contributed by atoms with Crippen molar-refractivity contribution in [3.63, 3.8) is 0 Å². The Balaban J connectivity index is 2.02. The molecule has 2 rings (SSSR count). The van der Waals surface area contributed by atoms with Gasteiger partial charge in [0.05, 0.1) is 16.6 Å². The summed E-state index contributed by atoms with van der Waals surface area (Å²) in [7, 11) is 0. The zero-order valence-electron chi connectivity index (χ0n) is 9.69. The second kappa shape index (κ2) is 6.12. The number of aliphatic carboxylic acids is 1. The van der Waals surface area contributed by atoms with Gasteiger partial charge in [-0.1, -0.05) is 0 Å². The van der Waals surface area contributed by atoms with Crippen LogP contribution in [0, 0.1) is 5.82 Å². The topological polar surface area (TPSA) is 62.2 Å². The van der Waals surface area contributed by atoms with Crippen LogP contribution in [-0.2, 0) is 11.2 Å². The van der Waals surface area contributed by atoms with E-state index >= 15 is 0 Å². The van der Waals surface area contributed by atoms with Crippen LogP contribution < -0.4 is 5.32 Å². The number of hydrogen-bond acceptors (Lipinski definition) is 4. The third kappa shape index (κ3) is 4.00. The van der Waals surface area contributed by atoms with E-state index in [0.717, 1.165) is 5.69 Å². The highest BCUT2D eigenvalue weighted by molar-refractivity contribution is 9.10. The Hall–Kier alpha value is -1.47. The summed E-state index contributed by atoms with van der Waals surface area (Å²) < 4.78 is 13.4. The summed E-state index contributed by atoms with van der Waals surface area (Å²) in [5.74, 6) is -1.17. The summed E-state index contributed by atoms with van der Waals surface area (Å²) >= 11 is 4.49. The van der Waals surface area contributed by atoms with Gasteiger partial charge in [0, 0.05) is 17.5 Å². The predicted octanol–water partition coefficient (Wildman–Crippen LogP) is 3.81. The minimum absolute atomic E-state index is 0.0608. The normalized spacial score (nSPS) is 10.4. The van der Waals surface area contributed by atoms with Crippen molar-refractivity contribution in [1.82, 2.24) is 4.98 Å². The molecule has 1 heterocycles. The van der Waals surface area contributed by atoms with Crippen LogP contribution in [0.15, 0.2) is 28.1 Å². The Morgan fingerprint density at radius 2 is 2.32 bits per heavy atom. The molecule has 1 aromatic carbocycles. The lowest BCUT2D eigenvalue weighted by atomic mass is 10.2. The van der Waals surface area contributed by atoms with Gasteiger partial charge >= 0.3 is 5.97 Å². The molecule has 0 unspecified atom stereocenters. The number of hydrogen-bond donors (Lipinski definition) is 2. The molecule has 1 aromatic heterocycles. The van der Waals surface area contributed by atoms with Crippen molar-refractivity contribution < 1.29 is 14.3 Å². The highest BCUT2D eigenvalue weighted by Crippen LogP contribution is 2.25. The highest BCUT2D eigenvalue weighted by atomic mass is 79.9. The smallest absolute Gasteiger partial charge is 0.303 e. The molecule has 7 heteroatoms. The average Bonchev–Trinajstić information content (AvgIpc) is 2.79. The summed E-state index contributed by atoms with van der Waals surface area (Å²) in [5, 5.41) is 14.1. The molecule has 0 aliphatic rings. The Morgan fingerprint density at radius 3 is 3.00 bits per heavy atom. The van der Waals surface area contributed by atoms with E-state index in [9.17, 15) is 9.18 Å². The Morgan fingerprint density at radius 1 is 1.53 bits per heavy atom. The number of anilines is 2. The fourth-order valence-electron chi connectivity index (χ4n) is 1.41. The molecular weight excluding hydrogens is 335 g/mol. The fourth-order valence-corrected chi connectivity index (χ4v) is 2.56. The van der Waals surface area contributed by atoms with Crippen molar-refractivity contribution in [2.24, 2.45) is 0 Å². The van der Waals surface area contributed by atoms with Crippen LogP contribution in [0.25, 0.3) is 0 Å².